The van der Waals surface area contributed by atoms with Gasteiger partial charge in [0, 0.05) is 171 Å². The Morgan fingerprint density at radius 3 is 1.30 bits per heavy atom. The maximum Gasteiger partial charge on any atom is 0.255 e. The first-order valence-corrected chi connectivity index (χ1v) is 39.0. The smallest absolute Gasteiger partial charge is 0.255 e. The van der Waals surface area contributed by atoms with Gasteiger partial charge in [-0.15, -0.1) is 0 Å². The van der Waals surface area contributed by atoms with E-state index < -0.39 is 17.3 Å². The molecule has 12 rings (SSSR count). The molecule has 0 radical (unpaired) electrons. The molecule has 0 saturated carbocycles. The van der Waals surface area contributed by atoms with E-state index in [4.69, 9.17) is 94.7 Å². The van der Waals surface area contributed by atoms with E-state index in [9.17, 15) is 42.5 Å². The topological polar surface area (TPSA) is 338 Å². The number of aromatic amines is 3. The number of amides is 4. The van der Waals surface area contributed by atoms with Gasteiger partial charge in [0.2, 0.25) is 0 Å². The van der Waals surface area contributed by atoms with Gasteiger partial charge in [-0.25, -0.2) is 4.39 Å². The van der Waals surface area contributed by atoms with Crippen LogP contribution in [0.15, 0.2) is 147 Å². The van der Waals surface area contributed by atoms with Crippen molar-refractivity contribution in [3.63, 3.8) is 0 Å². The lowest BCUT2D eigenvalue weighted by Crippen LogP contribution is -2.42. The Labute approximate surface area is 682 Å². The van der Waals surface area contributed by atoms with Gasteiger partial charge in [0.15, 0.2) is 0 Å². The summed E-state index contributed by atoms with van der Waals surface area (Å²) in [7, 11) is 0. The van der Waals surface area contributed by atoms with Crippen LogP contribution >= 0.6 is 81.6 Å². The third-order valence-corrected chi connectivity index (χ3v) is 21.5. The first-order chi connectivity index (χ1) is 52.3. The molecule has 110 heavy (non-hydrogen) atoms. The molecule has 3 atom stereocenters. The van der Waals surface area contributed by atoms with Crippen molar-refractivity contribution in [1.29, 1.82) is 0 Å². The molecule has 4 amide bonds. The number of rotatable bonds is 24. The van der Waals surface area contributed by atoms with Gasteiger partial charge in [-0.1, -0.05) is 128 Å². The van der Waals surface area contributed by atoms with Crippen molar-refractivity contribution in [2.75, 3.05) is 85.1 Å². The number of hydrogen-bond acceptors (Lipinski definition) is 16. The number of halogens is 7. The fourth-order valence-electron chi connectivity index (χ4n) is 13.1. The lowest BCUT2D eigenvalue weighted by Gasteiger charge is -2.34. The highest BCUT2D eigenvalue weighted by atomic mass is 35.5. The predicted molar refractivity (Wildman–Crippen MR) is 453 cm³/mol. The van der Waals surface area contributed by atoms with Crippen LogP contribution in [0, 0.1) is 23.6 Å². The fraction of sp³-hybridized carbons (Fsp3) is 0.380. The van der Waals surface area contributed by atoms with Crippen LogP contribution in [0.3, 0.4) is 0 Å². The van der Waals surface area contributed by atoms with Crippen LogP contribution in [-0.4, -0.2) is 172 Å². The Morgan fingerprint density at radius 1 is 0.527 bits per heavy atom. The van der Waals surface area contributed by atoms with E-state index in [0.717, 1.165) is 121 Å². The fourth-order valence-corrected chi connectivity index (χ4v) is 14.3. The quantitative estimate of drug-likeness (QED) is 0.0254. The molecule has 3 aliphatic rings. The van der Waals surface area contributed by atoms with Gasteiger partial charge in [0.25, 0.3) is 40.3 Å². The van der Waals surface area contributed by atoms with Gasteiger partial charge in [-0.05, 0) is 129 Å². The van der Waals surface area contributed by atoms with Crippen LogP contribution in [-0.2, 0) is 0 Å². The molecule has 3 aliphatic heterocycles. The monoisotopic (exact) mass is 1660 g/mol. The van der Waals surface area contributed by atoms with E-state index in [2.05, 4.69) is 66.4 Å². The van der Waals surface area contributed by atoms with Crippen LogP contribution < -0.4 is 52.6 Å². The Bertz CT molecular complexity index is 4870. The van der Waals surface area contributed by atoms with Crippen molar-refractivity contribution < 1.29 is 64.3 Å². The summed E-state index contributed by atoms with van der Waals surface area (Å²) in [4.78, 5) is 102. The van der Waals surface area contributed by atoms with E-state index in [1.54, 1.807) is 72.8 Å². The number of carbonyl (C=O) groups is 4. The van der Waals surface area contributed by atoms with Crippen LogP contribution in [0.5, 0.6) is 17.2 Å². The maximum atomic E-state index is 13.5. The zero-order chi connectivity index (χ0) is 78.4. The Hall–Kier alpha value is -7.99. The van der Waals surface area contributed by atoms with Gasteiger partial charge in [-0.3, -0.25) is 33.6 Å². The number of ether oxygens (including phenoxy) is 3. The largest absolute Gasteiger partial charge is 0.490 e. The van der Waals surface area contributed by atoms with Crippen molar-refractivity contribution in [3.8, 4) is 17.2 Å². The van der Waals surface area contributed by atoms with E-state index in [1.165, 1.54) is 30.7 Å². The number of carbonyl (C=O) groups excluding carboxylic acids is 4. The standard InChI is InChI=1S/C26H28Cl2N4O4.C25H26Cl2FN3O3.C25H27Cl2N3O4S.C3H8O.H2O.8H2/c1-15(12-30-26(35)19-13-31-25(34)18-5-3-2-4-17(18)19)14-32-10-8-16(9-11-32)36-21-7-6-20(27)23(28)22(21)24(29)33;1-15(12-29-25(33)21-13-30-24(32)20-10-16(28)2-4-19(20)21)14-31-8-6-17(7-9-31)34-18-3-5-22(26)23(27)11-18;1-15(14-30-8-6-16(7-9-30)34-17-2-5-22(26)23(27)10-17)12-28-25(32)21-13-29-24(31)20-11-18(35-33)3-4-19(20)21;1-2-3-4;;;;;;;;;/h2-7,13,15-16H,8-12,14H2,1H3,(H2,29,33)(H,30,35)(H,31,34);2-5,10-11,13,15,17H,6-9,12,14H2,1H3,(H,29,33)(H,30,32);2-5,10-11,13,15-16,33H,6-9,12,14H2,1H3,(H,28,32)(H,29,31);4H,2-3H2,1H3;1H2;8*1H/t3*15-;;;;;;;;;;/m111........../s1. The molecule has 9 aromatic rings. The number of nitrogens with one attached hydrogen (secondary N) is 6. The van der Waals surface area contributed by atoms with Crippen molar-refractivity contribution in [2.24, 2.45) is 23.5 Å². The maximum absolute atomic E-state index is 13.5. The highest BCUT2D eigenvalue weighted by molar-refractivity contribution is 7.93. The molecule has 0 aliphatic carbocycles. The van der Waals surface area contributed by atoms with Crippen LogP contribution in [0.25, 0.3) is 32.3 Å². The number of nitrogens with zero attached hydrogens (tertiary/aromatic N) is 3. The molecule has 6 aromatic carbocycles. The minimum atomic E-state index is -0.680. The average molecular weight is 1670 g/mol. The van der Waals surface area contributed by atoms with Crippen molar-refractivity contribution >= 4 is 138 Å². The molecule has 3 saturated heterocycles. The first-order valence-electron chi connectivity index (χ1n) is 36.0. The third kappa shape index (κ3) is 24.8. The number of primary amides is 1. The van der Waals surface area contributed by atoms with E-state index in [1.807, 2.05) is 25.1 Å². The Kier molecular flexibility index (Phi) is 33.9. The summed E-state index contributed by atoms with van der Waals surface area (Å²) in [6.07, 6.45) is 10.5. The van der Waals surface area contributed by atoms with E-state index in [0.29, 0.717) is 113 Å². The summed E-state index contributed by atoms with van der Waals surface area (Å²) in [6, 6.07) is 29.7. The van der Waals surface area contributed by atoms with Crippen molar-refractivity contribution in [1.82, 2.24) is 45.6 Å². The normalized spacial score (nSPS) is 15.3. The van der Waals surface area contributed by atoms with Crippen LogP contribution in [0.2, 0.25) is 30.1 Å². The summed E-state index contributed by atoms with van der Waals surface area (Å²) in [5, 5.41) is 21.8. The molecule has 3 fully saturated rings. The summed E-state index contributed by atoms with van der Waals surface area (Å²) < 4.78 is 40.9. The lowest BCUT2D eigenvalue weighted by atomic mass is 10.0. The molecule has 23 nitrogen and oxygen atoms in total. The second kappa shape index (κ2) is 42.6. The highest BCUT2D eigenvalue weighted by Gasteiger charge is 2.28. The molecule has 3 aromatic heterocycles. The molecular weight excluding hydrogens is 1560 g/mol. The number of pyridine rings is 3. The van der Waals surface area contributed by atoms with Crippen LogP contribution in [0.4, 0.5) is 4.39 Å². The second-order valence-corrected chi connectivity index (χ2v) is 30.5. The van der Waals surface area contributed by atoms with E-state index in [-0.39, 0.29) is 103 Å². The number of piperidine rings is 3. The molecule has 0 spiro atoms. The number of aliphatic hydroxyl groups excluding tert-OH is 1. The predicted octanol–water partition coefficient (Wildman–Crippen LogP) is 15.6. The second-order valence-electron chi connectivity index (χ2n) is 27.4. The number of likely N-dealkylation sites (tertiary alicyclic amines) is 3. The minimum Gasteiger partial charge on any atom is -0.490 e. The molecule has 606 valence electrons. The molecule has 0 unspecified atom stereocenters. The minimum absolute atomic E-state index is 0. The van der Waals surface area contributed by atoms with E-state index >= 15 is 0 Å². The van der Waals surface area contributed by atoms with Crippen molar-refractivity contribution in [3.05, 3.63) is 217 Å². The SMILES string of the molecule is CCCO.C[C@H](CNC(=O)c1c[nH]c(=O)c2cc(F)ccc12)CN1CCC(Oc2ccc(Cl)c(Cl)c2)CC1.C[C@H](CNC(=O)c1c[nH]c(=O)c2cc(SO)ccc12)CN1CCC(Oc2ccc(Cl)c(Cl)c2)CC1.C[C@H](CNC(=O)c1c[nH]c(=O)c2ccccc12)CN1CCC(Oc2ccc(Cl)c(Cl)c2C(N)=O)CC1.O.[HH].[HH].[HH].[HH].[HH].[HH].[HH].[HH]. The van der Waals surface area contributed by atoms with Gasteiger partial charge in [-0.2, -0.15) is 0 Å². The summed E-state index contributed by atoms with van der Waals surface area (Å²) in [6.45, 7) is 17.8. The van der Waals surface area contributed by atoms with Gasteiger partial charge in [0.1, 0.15) is 46.9 Å². The third-order valence-electron chi connectivity index (χ3n) is 18.7. The molecule has 12 N–H and O–H groups in total. The molecular formula is C79H107Cl6FN10O13S. The highest BCUT2D eigenvalue weighted by Crippen LogP contribution is 2.35. The summed E-state index contributed by atoms with van der Waals surface area (Å²) in [5.74, 6) is 0.546. The Balaban J connectivity index is 0.00000164. The molecule has 31 heteroatoms. The number of aliphatic hydroxyl groups is 1. The number of nitrogens with two attached hydrogens (primary N) is 1. The Morgan fingerprint density at radius 2 is 0.900 bits per heavy atom. The number of hydrogen-bond donors (Lipinski definition) is 9. The number of fused-ring (bicyclic) bond motifs is 3. The van der Waals surface area contributed by atoms with Gasteiger partial charge >= 0.3 is 0 Å². The van der Waals surface area contributed by atoms with Crippen LogP contribution in [0.1, 0.15) is 125 Å². The number of H-pyrrole nitrogens is 3. The molecule has 0 bridgehead atoms. The molecule has 6 heterocycles. The van der Waals surface area contributed by atoms with Crippen molar-refractivity contribution in [2.45, 2.75) is 95.8 Å². The summed E-state index contributed by atoms with van der Waals surface area (Å²) >= 11 is 36.8. The summed E-state index contributed by atoms with van der Waals surface area (Å²) in [5.41, 5.74) is 5.81. The average Bonchev–Trinajstić information content (AvgIpc) is 1.03. The zero-order valence-electron chi connectivity index (χ0n) is 61.2. The zero-order valence-corrected chi connectivity index (χ0v) is 66.5. The lowest BCUT2D eigenvalue weighted by molar-refractivity contribution is 0.0865. The van der Waals surface area contributed by atoms with Gasteiger partial charge < -0.3 is 80.7 Å². The van der Waals surface area contributed by atoms with Gasteiger partial charge in [0.05, 0.1) is 52.2 Å². The first kappa shape index (κ1) is 87.6. The number of aromatic nitrogens is 3. The number of benzene rings is 6.